The van der Waals surface area contributed by atoms with E-state index in [2.05, 4.69) is 15.5 Å². The molecule has 0 fully saturated rings. The summed E-state index contributed by atoms with van der Waals surface area (Å²) in [5, 5.41) is 10.5. The van der Waals surface area contributed by atoms with Gasteiger partial charge in [0.25, 0.3) is 11.8 Å². The number of benzene rings is 1. The van der Waals surface area contributed by atoms with Crippen molar-refractivity contribution >= 4 is 17.6 Å². The fourth-order valence-electron chi connectivity index (χ4n) is 2.15. The van der Waals surface area contributed by atoms with E-state index in [1.54, 1.807) is 19.2 Å². The molecule has 9 heteroatoms. The number of anilines is 1. The summed E-state index contributed by atoms with van der Waals surface area (Å²) < 4.78 is 16.4. The van der Waals surface area contributed by atoms with E-state index in [1.165, 1.54) is 40.0 Å². The maximum absolute atomic E-state index is 13.8. The van der Waals surface area contributed by atoms with Gasteiger partial charge >= 0.3 is 0 Å². The highest BCUT2D eigenvalue weighted by Crippen LogP contribution is 2.15. The first-order valence-corrected chi connectivity index (χ1v) is 6.91. The maximum atomic E-state index is 13.8. The number of nitrogens with zero attached hydrogens (tertiary/aromatic N) is 4. The van der Waals surface area contributed by atoms with Crippen molar-refractivity contribution in [2.75, 3.05) is 5.32 Å². The van der Waals surface area contributed by atoms with E-state index in [0.717, 1.165) is 0 Å². The number of aromatic nitrogens is 4. The van der Waals surface area contributed by atoms with E-state index in [0.29, 0.717) is 0 Å². The number of hydrogen-bond acceptors (Lipinski definition) is 4. The van der Waals surface area contributed by atoms with Gasteiger partial charge in [-0.25, -0.2) is 9.07 Å². The van der Waals surface area contributed by atoms with Crippen LogP contribution in [0.3, 0.4) is 0 Å². The van der Waals surface area contributed by atoms with Crippen molar-refractivity contribution in [2.45, 2.75) is 0 Å². The van der Waals surface area contributed by atoms with E-state index in [4.69, 9.17) is 5.73 Å². The molecule has 0 spiro atoms. The smallest absolute Gasteiger partial charge is 0.277 e. The highest BCUT2D eigenvalue weighted by molar-refractivity contribution is 6.06. The fourth-order valence-corrected chi connectivity index (χ4v) is 2.15. The number of carbonyl (C=O) groups is 2. The Balaban J connectivity index is 1.85. The molecular formula is C15H13FN6O2. The lowest BCUT2D eigenvalue weighted by molar-refractivity contribution is 0.100. The number of primary amides is 1. The minimum atomic E-state index is -0.713. The number of nitrogens with two attached hydrogens (primary N) is 1. The normalized spacial score (nSPS) is 10.6. The van der Waals surface area contributed by atoms with Crippen molar-refractivity contribution in [1.82, 2.24) is 19.6 Å². The summed E-state index contributed by atoms with van der Waals surface area (Å²) in [4.78, 5) is 23.6. The number of rotatable bonds is 4. The van der Waals surface area contributed by atoms with Gasteiger partial charge in [-0.15, -0.1) is 0 Å². The van der Waals surface area contributed by atoms with Gasteiger partial charge in [0.05, 0.1) is 0 Å². The predicted molar refractivity (Wildman–Crippen MR) is 83.2 cm³/mol. The molecule has 122 valence electrons. The lowest BCUT2D eigenvalue weighted by Crippen LogP contribution is -2.18. The molecule has 3 rings (SSSR count). The molecule has 24 heavy (non-hydrogen) atoms. The molecule has 0 aliphatic carbocycles. The Kier molecular flexibility index (Phi) is 3.82. The molecule has 0 aliphatic heterocycles. The Morgan fingerprint density at radius 1 is 1.21 bits per heavy atom. The Labute approximate surface area is 135 Å². The van der Waals surface area contributed by atoms with Crippen molar-refractivity contribution in [2.24, 2.45) is 12.8 Å². The van der Waals surface area contributed by atoms with Gasteiger partial charge in [-0.1, -0.05) is 12.1 Å². The Morgan fingerprint density at radius 2 is 1.96 bits per heavy atom. The van der Waals surface area contributed by atoms with E-state index in [1.807, 2.05) is 0 Å². The second kappa shape index (κ2) is 5.95. The van der Waals surface area contributed by atoms with Gasteiger partial charge in [-0.05, 0) is 18.2 Å². The summed E-state index contributed by atoms with van der Waals surface area (Å²) in [7, 11) is 1.59. The first-order chi connectivity index (χ1) is 11.5. The highest BCUT2D eigenvalue weighted by atomic mass is 19.1. The molecule has 8 nitrogen and oxygen atoms in total. The molecule has 0 unspecified atom stereocenters. The van der Waals surface area contributed by atoms with Gasteiger partial charge in [0, 0.05) is 19.4 Å². The highest BCUT2D eigenvalue weighted by Gasteiger charge is 2.18. The third-order valence-corrected chi connectivity index (χ3v) is 3.25. The molecule has 3 aromatic rings. The Bertz CT molecular complexity index is 930. The second-order valence-electron chi connectivity index (χ2n) is 4.98. The van der Waals surface area contributed by atoms with Crippen LogP contribution in [-0.4, -0.2) is 31.4 Å². The van der Waals surface area contributed by atoms with Crippen LogP contribution in [0.1, 0.15) is 20.8 Å². The Morgan fingerprint density at radius 3 is 2.67 bits per heavy atom. The summed E-state index contributed by atoms with van der Waals surface area (Å²) in [6.45, 7) is 0. The zero-order valence-electron chi connectivity index (χ0n) is 12.6. The Hall–Kier alpha value is -3.49. The van der Waals surface area contributed by atoms with Gasteiger partial charge < -0.3 is 11.1 Å². The van der Waals surface area contributed by atoms with Crippen LogP contribution in [0.4, 0.5) is 10.2 Å². The zero-order valence-corrected chi connectivity index (χ0v) is 12.6. The van der Waals surface area contributed by atoms with Crippen LogP contribution in [0.5, 0.6) is 0 Å². The van der Waals surface area contributed by atoms with Gasteiger partial charge in [-0.2, -0.15) is 10.2 Å². The zero-order chi connectivity index (χ0) is 17.3. The third-order valence-electron chi connectivity index (χ3n) is 3.25. The summed E-state index contributed by atoms with van der Waals surface area (Å²) in [5.41, 5.74) is 5.57. The van der Waals surface area contributed by atoms with Crippen molar-refractivity contribution < 1.29 is 14.0 Å². The summed E-state index contributed by atoms with van der Waals surface area (Å²) >= 11 is 0. The molecular weight excluding hydrogens is 315 g/mol. The second-order valence-corrected chi connectivity index (χ2v) is 4.98. The summed E-state index contributed by atoms with van der Waals surface area (Å²) in [6.07, 6.45) is 2.86. The van der Waals surface area contributed by atoms with E-state index in [-0.39, 0.29) is 22.8 Å². The van der Waals surface area contributed by atoms with Crippen molar-refractivity contribution in [3.05, 3.63) is 59.8 Å². The number of carbonyl (C=O) groups excluding carboxylic acids is 2. The minimum Gasteiger partial charge on any atom is -0.365 e. The fraction of sp³-hybridized carbons (Fsp3) is 0.0667. The first kappa shape index (κ1) is 15.4. The van der Waals surface area contributed by atoms with Gasteiger partial charge in [-0.3, -0.25) is 14.3 Å². The number of amides is 2. The van der Waals surface area contributed by atoms with E-state index >= 15 is 0 Å². The predicted octanol–water partition coefficient (Wildman–Crippen LogP) is 1.10. The topological polar surface area (TPSA) is 108 Å². The molecule has 1 aromatic carbocycles. The first-order valence-electron chi connectivity index (χ1n) is 6.91. The molecule has 3 N–H and O–H groups in total. The van der Waals surface area contributed by atoms with E-state index < -0.39 is 17.6 Å². The average molecular weight is 328 g/mol. The van der Waals surface area contributed by atoms with Crippen LogP contribution in [0.25, 0.3) is 5.69 Å². The summed E-state index contributed by atoms with van der Waals surface area (Å²) in [6, 6.07) is 7.47. The van der Waals surface area contributed by atoms with Gasteiger partial charge in [0.1, 0.15) is 17.1 Å². The number of aryl methyl sites for hydroxylation is 1. The number of para-hydroxylation sites is 1. The van der Waals surface area contributed by atoms with Crippen molar-refractivity contribution in [3.63, 3.8) is 0 Å². The van der Waals surface area contributed by atoms with Crippen LogP contribution in [0.2, 0.25) is 0 Å². The van der Waals surface area contributed by atoms with Crippen LogP contribution >= 0.6 is 0 Å². The van der Waals surface area contributed by atoms with Crippen LogP contribution < -0.4 is 11.1 Å². The third kappa shape index (κ3) is 2.86. The molecule has 2 heterocycles. The van der Waals surface area contributed by atoms with E-state index in [9.17, 15) is 14.0 Å². The largest absolute Gasteiger partial charge is 0.365 e. The lowest BCUT2D eigenvalue weighted by Gasteiger charge is -2.03. The molecule has 0 atom stereocenters. The molecule has 0 saturated heterocycles. The lowest BCUT2D eigenvalue weighted by atomic mass is 10.3. The molecule has 0 saturated carbocycles. The molecule has 0 radical (unpaired) electrons. The van der Waals surface area contributed by atoms with Gasteiger partial charge in [0.15, 0.2) is 11.5 Å². The molecule has 2 amide bonds. The molecule has 0 bridgehead atoms. The number of halogens is 1. The monoisotopic (exact) mass is 328 g/mol. The summed E-state index contributed by atoms with van der Waals surface area (Å²) in [5.74, 6) is -1.73. The SMILES string of the molecule is Cn1cc(C(N)=O)c(NC(=O)c2ccn(-c3ccccc3F)n2)n1. The molecule has 0 aliphatic rings. The average Bonchev–Trinajstić information content (AvgIpc) is 3.14. The molecule has 2 aromatic heterocycles. The van der Waals surface area contributed by atoms with Crippen LogP contribution in [0.15, 0.2) is 42.7 Å². The van der Waals surface area contributed by atoms with Gasteiger partial charge in [0.2, 0.25) is 0 Å². The number of nitrogens with one attached hydrogen (secondary N) is 1. The van der Waals surface area contributed by atoms with Crippen molar-refractivity contribution in [3.8, 4) is 5.69 Å². The maximum Gasteiger partial charge on any atom is 0.277 e. The van der Waals surface area contributed by atoms with Crippen LogP contribution in [0, 0.1) is 5.82 Å². The standard InChI is InChI=1S/C15H13FN6O2/c1-21-8-9(13(17)23)14(20-21)18-15(24)11-6-7-22(19-11)12-5-3-2-4-10(12)16/h2-8H,1H3,(H2,17,23)(H,18,20,24). The van der Waals surface area contributed by atoms with Crippen molar-refractivity contribution in [1.29, 1.82) is 0 Å². The minimum absolute atomic E-state index is 0.0374. The number of hydrogen-bond donors (Lipinski definition) is 2. The van der Waals surface area contributed by atoms with Crippen LogP contribution in [-0.2, 0) is 7.05 Å². The quantitative estimate of drug-likeness (QED) is 0.747.